The van der Waals surface area contributed by atoms with Crippen LogP contribution in [0.4, 0.5) is 0 Å². The van der Waals surface area contributed by atoms with Crippen molar-refractivity contribution >= 4 is 11.2 Å². The average molecular weight is 175 g/mol. The minimum Gasteiger partial charge on any atom is -0.616 e. The van der Waals surface area contributed by atoms with Crippen LogP contribution in [-0.2, 0) is 11.2 Å². The summed E-state index contributed by atoms with van der Waals surface area (Å²) in [6.45, 7) is 7.68. The minimum absolute atomic E-state index is 0.517. The van der Waals surface area contributed by atoms with Crippen LogP contribution in [0.1, 0.15) is 13.8 Å². The molecule has 0 spiro atoms. The second kappa shape index (κ2) is 4.33. The first-order valence-corrected chi connectivity index (χ1v) is 5.74. The quantitative estimate of drug-likeness (QED) is 0.578. The molecule has 11 heavy (non-hydrogen) atoms. The third-order valence-electron chi connectivity index (χ3n) is 1.89. The highest BCUT2D eigenvalue weighted by molar-refractivity contribution is 7.91. The highest BCUT2D eigenvalue weighted by Crippen LogP contribution is 2.06. The molecule has 0 bridgehead atoms. The molecule has 1 heterocycles. The van der Waals surface area contributed by atoms with Crippen LogP contribution in [0.3, 0.4) is 0 Å². The summed E-state index contributed by atoms with van der Waals surface area (Å²) < 4.78 is 11.0. The van der Waals surface area contributed by atoms with Gasteiger partial charge in [-0.3, -0.25) is 4.90 Å². The third kappa shape index (κ3) is 3.45. The Morgan fingerprint density at radius 2 is 1.91 bits per heavy atom. The number of hydrogen-bond acceptors (Lipinski definition) is 2. The van der Waals surface area contributed by atoms with Crippen molar-refractivity contribution in [2.45, 2.75) is 13.8 Å². The van der Waals surface area contributed by atoms with Gasteiger partial charge in [-0.25, -0.2) is 0 Å². The summed E-state index contributed by atoms with van der Waals surface area (Å²) >= 11 is -0.517. The van der Waals surface area contributed by atoms with Crippen molar-refractivity contribution in [2.24, 2.45) is 5.92 Å². The van der Waals surface area contributed by atoms with E-state index in [9.17, 15) is 4.55 Å². The van der Waals surface area contributed by atoms with Crippen LogP contribution in [0.15, 0.2) is 0 Å². The predicted octanol–water partition coefficient (Wildman–Crippen LogP) is 0.707. The van der Waals surface area contributed by atoms with E-state index in [-0.39, 0.29) is 0 Å². The first kappa shape index (κ1) is 9.36. The first-order chi connectivity index (χ1) is 5.18. The van der Waals surface area contributed by atoms with Crippen LogP contribution in [0.25, 0.3) is 0 Å². The smallest absolute Gasteiger partial charge is 0.118 e. The van der Waals surface area contributed by atoms with Gasteiger partial charge in [0.2, 0.25) is 0 Å². The van der Waals surface area contributed by atoms with Crippen molar-refractivity contribution in [3.63, 3.8) is 0 Å². The van der Waals surface area contributed by atoms with Crippen LogP contribution in [0, 0.1) is 5.92 Å². The van der Waals surface area contributed by atoms with Crippen LogP contribution >= 0.6 is 0 Å². The van der Waals surface area contributed by atoms with E-state index in [4.69, 9.17) is 0 Å². The zero-order valence-electron chi connectivity index (χ0n) is 7.38. The lowest BCUT2D eigenvalue weighted by molar-refractivity contribution is 0.263. The van der Waals surface area contributed by atoms with Crippen molar-refractivity contribution in [2.75, 3.05) is 31.1 Å². The molecule has 0 radical (unpaired) electrons. The van der Waals surface area contributed by atoms with Gasteiger partial charge in [0, 0.05) is 19.6 Å². The van der Waals surface area contributed by atoms with Gasteiger partial charge in [0.1, 0.15) is 11.5 Å². The van der Waals surface area contributed by atoms with E-state index < -0.39 is 11.2 Å². The Morgan fingerprint density at radius 3 is 2.36 bits per heavy atom. The molecule has 3 heteroatoms. The average Bonchev–Trinajstić information content (AvgIpc) is 1.93. The summed E-state index contributed by atoms with van der Waals surface area (Å²) in [6.07, 6.45) is 0. The van der Waals surface area contributed by atoms with Gasteiger partial charge in [-0.2, -0.15) is 0 Å². The molecule has 0 unspecified atom stereocenters. The van der Waals surface area contributed by atoms with Gasteiger partial charge >= 0.3 is 0 Å². The standard InChI is InChI=1S/C8H17NOS/c1-8(2)7-9-3-5-11(10)6-4-9/h8H,3-7H2,1-2H3. The number of rotatable bonds is 2. The fourth-order valence-electron chi connectivity index (χ4n) is 1.37. The molecule has 1 saturated heterocycles. The molecule has 1 aliphatic rings. The van der Waals surface area contributed by atoms with Gasteiger partial charge in [0.05, 0.1) is 0 Å². The molecule has 1 fully saturated rings. The zero-order chi connectivity index (χ0) is 8.27. The van der Waals surface area contributed by atoms with Crippen molar-refractivity contribution in [3.8, 4) is 0 Å². The largest absolute Gasteiger partial charge is 0.616 e. The topological polar surface area (TPSA) is 26.3 Å². The molecule has 66 valence electrons. The molecular formula is C8H17NOS. The van der Waals surface area contributed by atoms with Crippen LogP contribution < -0.4 is 0 Å². The van der Waals surface area contributed by atoms with E-state index in [2.05, 4.69) is 18.7 Å². The van der Waals surface area contributed by atoms with Crippen LogP contribution in [0.2, 0.25) is 0 Å². The molecule has 1 rings (SSSR count). The van der Waals surface area contributed by atoms with Crippen LogP contribution in [-0.4, -0.2) is 40.6 Å². The SMILES string of the molecule is CC(C)CN1CC[S+]([O-])CC1. The fourth-order valence-corrected chi connectivity index (χ4v) is 2.50. The van der Waals surface area contributed by atoms with E-state index in [0.717, 1.165) is 37.1 Å². The molecule has 0 saturated carbocycles. The monoisotopic (exact) mass is 175 g/mol. The highest BCUT2D eigenvalue weighted by Gasteiger charge is 2.19. The summed E-state index contributed by atoms with van der Waals surface area (Å²) in [6, 6.07) is 0. The lowest BCUT2D eigenvalue weighted by atomic mass is 10.2. The van der Waals surface area contributed by atoms with Gasteiger partial charge in [0.15, 0.2) is 0 Å². The van der Waals surface area contributed by atoms with Crippen molar-refractivity contribution in [1.29, 1.82) is 0 Å². The Labute approximate surface area is 72.1 Å². The summed E-state index contributed by atoms with van der Waals surface area (Å²) in [5.41, 5.74) is 0. The van der Waals surface area contributed by atoms with Crippen molar-refractivity contribution in [3.05, 3.63) is 0 Å². The number of nitrogens with zero attached hydrogens (tertiary/aromatic N) is 1. The molecule has 0 amide bonds. The molecule has 0 aromatic carbocycles. The maximum atomic E-state index is 11.0. The van der Waals surface area contributed by atoms with Gasteiger partial charge in [-0.15, -0.1) is 0 Å². The lowest BCUT2D eigenvalue weighted by Crippen LogP contribution is -2.41. The number of hydrogen-bond donors (Lipinski definition) is 0. The Bertz CT molecular complexity index is 111. The fraction of sp³-hybridized carbons (Fsp3) is 1.00. The maximum Gasteiger partial charge on any atom is 0.118 e. The Morgan fingerprint density at radius 1 is 1.36 bits per heavy atom. The predicted molar refractivity (Wildman–Crippen MR) is 49.2 cm³/mol. The summed E-state index contributed by atoms with van der Waals surface area (Å²) in [7, 11) is 0. The van der Waals surface area contributed by atoms with Crippen molar-refractivity contribution in [1.82, 2.24) is 4.90 Å². The van der Waals surface area contributed by atoms with Gasteiger partial charge in [-0.05, 0) is 5.92 Å². The lowest BCUT2D eigenvalue weighted by Gasteiger charge is -2.29. The van der Waals surface area contributed by atoms with E-state index in [1.807, 2.05) is 0 Å². The Kier molecular flexibility index (Phi) is 3.69. The molecule has 0 aromatic heterocycles. The zero-order valence-corrected chi connectivity index (χ0v) is 8.19. The Hall–Kier alpha value is 0.270. The van der Waals surface area contributed by atoms with Gasteiger partial charge < -0.3 is 4.55 Å². The third-order valence-corrected chi connectivity index (χ3v) is 3.17. The summed E-state index contributed by atoms with van der Waals surface area (Å²) in [4.78, 5) is 2.41. The van der Waals surface area contributed by atoms with Crippen LogP contribution in [0.5, 0.6) is 0 Å². The normalized spacial score (nSPS) is 22.9. The van der Waals surface area contributed by atoms with Gasteiger partial charge in [-0.1, -0.05) is 25.0 Å². The summed E-state index contributed by atoms with van der Waals surface area (Å²) in [5.74, 6) is 2.50. The van der Waals surface area contributed by atoms with Crippen molar-refractivity contribution < 1.29 is 4.55 Å². The van der Waals surface area contributed by atoms with E-state index in [1.165, 1.54) is 0 Å². The molecule has 0 aromatic rings. The minimum atomic E-state index is -0.517. The molecule has 1 aliphatic heterocycles. The highest BCUT2D eigenvalue weighted by atomic mass is 32.2. The molecule has 0 aliphatic carbocycles. The first-order valence-electron chi connectivity index (χ1n) is 4.26. The summed E-state index contributed by atoms with van der Waals surface area (Å²) in [5, 5.41) is 0. The second-order valence-electron chi connectivity index (χ2n) is 3.54. The Balaban J connectivity index is 2.17. The molecule has 0 N–H and O–H groups in total. The van der Waals surface area contributed by atoms with E-state index >= 15 is 0 Å². The molecular weight excluding hydrogens is 158 g/mol. The van der Waals surface area contributed by atoms with Gasteiger partial charge in [0.25, 0.3) is 0 Å². The molecule has 2 nitrogen and oxygen atoms in total. The molecule has 0 atom stereocenters. The maximum absolute atomic E-state index is 11.0. The second-order valence-corrected chi connectivity index (χ2v) is 5.24. The van der Waals surface area contributed by atoms with E-state index in [1.54, 1.807) is 0 Å². The van der Waals surface area contributed by atoms with E-state index in [0.29, 0.717) is 0 Å².